The van der Waals surface area contributed by atoms with E-state index in [4.69, 9.17) is 11.6 Å². The van der Waals surface area contributed by atoms with Crippen LogP contribution in [0.4, 0.5) is 0 Å². The van der Waals surface area contributed by atoms with Gasteiger partial charge in [-0.3, -0.25) is 4.79 Å². The summed E-state index contributed by atoms with van der Waals surface area (Å²) in [4.78, 5) is 10.7. The molecule has 1 atom stereocenters. The molecule has 0 saturated heterocycles. The van der Waals surface area contributed by atoms with Gasteiger partial charge in [-0.1, -0.05) is 60.1 Å². The summed E-state index contributed by atoms with van der Waals surface area (Å²) in [6.45, 7) is 0. The lowest BCUT2D eigenvalue weighted by atomic mass is 9.99. The van der Waals surface area contributed by atoms with Crippen molar-refractivity contribution < 1.29 is 4.79 Å². The first kappa shape index (κ1) is 12.7. The van der Waals surface area contributed by atoms with Crippen LogP contribution in [-0.4, -0.2) is 6.41 Å². The number of rotatable bonds is 5. The molecule has 2 aromatic rings. The van der Waals surface area contributed by atoms with Gasteiger partial charge in [-0.15, -0.1) is 0 Å². The van der Waals surface area contributed by atoms with Crippen molar-refractivity contribution in [2.45, 2.75) is 12.5 Å². The van der Waals surface area contributed by atoms with Gasteiger partial charge in [0.2, 0.25) is 6.41 Å². The standard InChI is InChI=1S/C15H14ClNO/c16-14-9-5-4-8-13(14)15(17-11-18)10-12-6-2-1-3-7-12/h1-9,11,15H,10H2,(H,17,18). The second-order valence-electron chi connectivity index (χ2n) is 4.05. The highest BCUT2D eigenvalue weighted by atomic mass is 35.5. The van der Waals surface area contributed by atoms with Crippen LogP contribution in [0.1, 0.15) is 17.2 Å². The summed E-state index contributed by atoms with van der Waals surface area (Å²) >= 11 is 6.17. The van der Waals surface area contributed by atoms with Crippen molar-refractivity contribution in [3.05, 3.63) is 70.7 Å². The lowest BCUT2D eigenvalue weighted by Gasteiger charge is -2.18. The molecule has 0 fully saturated rings. The summed E-state index contributed by atoms with van der Waals surface area (Å²) in [5.41, 5.74) is 2.10. The summed E-state index contributed by atoms with van der Waals surface area (Å²) in [5.74, 6) is 0. The zero-order valence-electron chi connectivity index (χ0n) is 9.84. The van der Waals surface area contributed by atoms with E-state index in [-0.39, 0.29) is 6.04 Å². The van der Waals surface area contributed by atoms with Gasteiger partial charge in [0, 0.05) is 5.02 Å². The Morgan fingerprint density at radius 3 is 2.39 bits per heavy atom. The van der Waals surface area contributed by atoms with Crippen LogP contribution in [0.2, 0.25) is 5.02 Å². The summed E-state index contributed by atoms with van der Waals surface area (Å²) in [6.07, 6.45) is 1.44. The van der Waals surface area contributed by atoms with Crippen molar-refractivity contribution >= 4 is 18.0 Å². The maximum absolute atomic E-state index is 10.7. The normalized spacial score (nSPS) is 11.8. The van der Waals surface area contributed by atoms with E-state index in [1.807, 2.05) is 54.6 Å². The maximum atomic E-state index is 10.7. The fourth-order valence-electron chi connectivity index (χ4n) is 1.95. The van der Waals surface area contributed by atoms with Crippen molar-refractivity contribution in [3.8, 4) is 0 Å². The van der Waals surface area contributed by atoms with Gasteiger partial charge in [-0.2, -0.15) is 0 Å². The number of carbonyl (C=O) groups excluding carboxylic acids is 1. The second kappa shape index (κ2) is 6.22. The predicted octanol–water partition coefficient (Wildman–Crippen LogP) is 3.37. The first-order valence-corrected chi connectivity index (χ1v) is 6.17. The Hall–Kier alpha value is -1.80. The number of hydrogen-bond acceptors (Lipinski definition) is 1. The van der Waals surface area contributed by atoms with E-state index in [2.05, 4.69) is 5.32 Å². The topological polar surface area (TPSA) is 29.1 Å². The third kappa shape index (κ3) is 3.11. The Morgan fingerprint density at radius 2 is 1.72 bits per heavy atom. The number of carbonyl (C=O) groups is 1. The van der Waals surface area contributed by atoms with E-state index >= 15 is 0 Å². The molecule has 1 amide bonds. The first-order chi connectivity index (χ1) is 8.81. The predicted molar refractivity (Wildman–Crippen MR) is 73.5 cm³/mol. The Kier molecular flexibility index (Phi) is 4.37. The SMILES string of the molecule is O=CNC(Cc1ccccc1)c1ccccc1Cl. The fraction of sp³-hybridized carbons (Fsp3) is 0.133. The Bertz CT molecular complexity index is 513. The van der Waals surface area contributed by atoms with Crippen molar-refractivity contribution in [3.63, 3.8) is 0 Å². The largest absolute Gasteiger partial charge is 0.351 e. The molecule has 92 valence electrons. The molecule has 18 heavy (non-hydrogen) atoms. The van der Waals surface area contributed by atoms with Gasteiger partial charge < -0.3 is 5.32 Å². The number of nitrogens with one attached hydrogen (secondary N) is 1. The molecule has 0 aromatic heterocycles. The highest BCUT2D eigenvalue weighted by Crippen LogP contribution is 2.25. The molecule has 0 heterocycles. The molecule has 0 aliphatic carbocycles. The van der Waals surface area contributed by atoms with Crippen molar-refractivity contribution in [2.75, 3.05) is 0 Å². The fourth-order valence-corrected chi connectivity index (χ4v) is 2.22. The molecule has 3 heteroatoms. The quantitative estimate of drug-likeness (QED) is 0.820. The smallest absolute Gasteiger partial charge is 0.207 e. The van der Waals surface area contributed by atoms with Gasteiger partial charge in [-0.25, -0.2) is 0 Å². The molecular formula is C15H14ClNO. The van der Waals surface area contributed by atoms with Gasteiger partial charge in [0.1, 0.15) is 0 Å². The molecule has 0 aliphatic rings. The molecular weight excluding hydrogens is 246 g/mol. The van der Waals surface area contributed by atoms with E-state index in [1.54, 1.807) is 0 Å². The van der Waals surface area contributed by atoms with Crippen LogP contribution in [0.5, 0.6) is 0 Å². The summed E-state index contributed by atoms with van der Waals surface area (Å²) in [6, 6.07) is 17.5. The van der Waals surface area contributed by atoms with E-state index < -0.39 is 0 Å². The van der Waals surface area contributed by atoms with E-state index in [0.717, 1.165) is 24.0 Å². The maximum Gasteiger partial charge on any atom is 0.207 e. The molecule has 1 N–H and O–H groups in total. The zero-order chi connectivity index (χ0) is 12.8. The summed E-state index contributed by atoms with van der Waals surface area (Å²) in [5, 5.41) is 3.50. The molecule has 0 spiro atoms. The molecule has 0 saturated carbocycles. The number of amides is 1. The Labute approximate surface area is 112 Å². The molecule has 1 unspecified atom stereocenters. The zero-order valence-corrected chi connectivity index (χ0v) is 10.6. The Balaban J connectivity index is 2.24. The van der Waals surface area contributed by atoms with Crippen molar-refractivity contribution in [1.29, 1.82) is 0 Å². The highest BCUT2D eigenvalue weighted by molar-refractivity contribution is 6.31. The Morgan fingerprint density at radius 1 is 1.06 bits per heavy atom. The minimum Gasteiger partial charge on any atom is -0.351 e. The van der Waals surface area contributed by atoms with E-state index in [9.17, 15) is 4.79 Å². The molecule has 0 aliphatic heterocycles. The first-order valence-electron chi connectivity index (χ1n) is 5.79. The van der Waals surface area contributed by atoms with Gasteiger partial charge >= 0.3 is 0 Å². The van der Waals surface area contributed by atoms with Crippen LogP contribution in [0.25, 0.3) is 0 Å². The number of hydrogen-bond donors (Lipinski definition) is 1. The van der Waals surface area contributed by atoms with Crippen LogP contribution >= 0.6 is 11.6 Å². The molecule has 2 aromatic carbocycles. The third-order valence-electron chi connectivity index (χ3n) is 2.83. The van der Waals surface area contributed by atoms with Gasteiger partial charge in [0.05, 0.1) is 6.04 Å². The summed E-state index contributed by atoms with van der Waals surface area (Å²) < 4.78 is 0. The van der Waals surface area contributed by atoms with Crippen LogP contribution in [0.15, 0.2) is 54.6 Å². The van der Waals surface area contributed by atoms with E-state index in [0.29, 0.717) is 5.02 Å². The minimum atomic E-state index is -0.0985. The van der Waals surface area contributed by atoms with Crippen LogP contribution in [0.3, 0.4) is 0 Å². The van der Waals surface area contributed by atoms with Gasteiger partial charge in [-0.05, 0) is 23.6 Å². The van der Waals surface area contributed by atoms with Gasteiger partial charge in [0.15, 0.2) is 0 Å². The second-order valence-corrected chi connectivity index (χ2v) is 4.46. The van der Waals surface area contributed by atoms with Gasteiger partial charge in [0.25, 0.3) is 0 Å². The van der Waals surface area contributed by atoms with Crippen LogP contribution in [0, 0.1) is 0 Å². The molecule has 2 rings (SSSR count). The van der Waals surface area contributed by atoms with Crippen molar-refractivity contribution in [2.24, 2.45) is 0 Å². The average Bonchev–Trinajstić information content (AvgIpc) is 2.40. The number of halogens is 1. The monoisotopic (exact) mass is 259 g/mol. The third-order valence-corrected chi connectivity index (χ3v) is 3.18. The lowest BCUT2D eigenvalue weighted by molar-refractivity contribution is -0.110. The number of benzene rings is 2. The molecule has 2 nitrogen and oxygen atoms in total. The van der Waals surface area contributed by atoms with Crippen LogP contribution < -0.4 is 5.32 Å². The average molecular weight is 260 g/mol. The summed E-state index contributed by atoms with van der Waals surface area (Å²) in [7, 11) is 0. The van der Waals surface area contributed by atoms with Crippen molar-refractivity contribution in [1.82, 2.24) is 5.32 Å². The van der Waals surface area contributed by atoms with Crippen LogP contribution in [-0.2, 0) is 11.2 Å². The molecule has 0 bridgehead atoms. The highest BCUT2D eigenvalue weighted by Gasteiger charge is 2.13. The lowest BCUT2D eigenvalue weighted by Crippen LogP contribution is -2.22. The van der Waals surface area contributed by atoms with E-state index in [1.165, 1.54) is 0 Å². The minimum absolute atomic E-state index is 0.0985. The molecule has 0 radical (unpaired) electrons.